The molecular formula is C12H17BrN2O2. The van der Waals surface area contributed by atoms with Crippen molar-refractivity contribution >= 4 is 21.9 Å². The second-order valence-electron chi connectivity index (χ2n) is 4.53. The van der Waals surface area contributed by atoms with Gasteiger partial charge in [-0.15, -0.1) is 0 Å². The molecule has 0 radical (unpaired) electrons. The summed E-state index contributed by atoms with van der Waals surface area (Å²) in [7, 11) is 1.44. The molecule has 0 unspecified atom stereocenters. The molecule has 1 atom stereocenters. The molecule has 4 nitrogen and oxygen atoms in total. The van der Waals surface area contributed by atoms with Crippen LogP contribution in [0.4, 0.5) is 0 Å². The zero-order valence-corrected chi connectivity index (χ0v) is 11.5. The standard InChI is InChI=1S/C12H17BrN2O2/c1-17-12(16)6-11(9-4-2-3-5-9)15-8-10(13)7-14-15/h7-9,11H,2-6H2,1H3/t11-/m1/s1. The topological polar surface area (TPSA) is 44.1 Å². The Morgan fingerprint density at radius 2 is 2.35 bits per heavy atom. The van der Waals surface area contributed by atoms with Crippen molar-refractivity contribution in [3.8, 4) is 0 Å². The van der Waals surface area contributed by atoms with Crippen molar-refractivity contribution < 1.29 is 9.53 Å². The first kappa shape index (κ1) is 12.6. The molecule has 0 spiro atoms. The molecule has 1 aliphatic carbocycles. The van der Waals surface area contributed by atoms with E-state index in [0.29, 0.717) is 12.3 Å². The number of ether oxygens (including phenoxy) is 1. The van der Waals surface area contributed by atoms with Crippen LogP contribution in [-0.2, 0) is 9.53 Å². The Kier molecular flexibility index (Phi) is 4.20. The summed E-state index contributed by atoms with van der Waals surface area (Å²) in [5, 5.41) is 4.31. The van der Waals surface area contributed by atoms with Gasteiger partial charge in [0.15, 0.2) is 0 Å². The molecule has 1 fully saturated rings. The summed E-state index contributed by atoms with van der Waals surface area (Å²) in [5.74, 6) is 0.384. The summed E-state index contributed by atoms with van der Waals surface area (Å²) in [4.78, 5) is 11.5. The highest BCUT2D eigenvalue weighted by Gasteiger charge is 2.29. The number of aromatic nitrogens is 2. The first-order valence-corrected chi connectivity index (χ1v) is 6.76. The second-order valence-corrected chi connectivity index (χ2v) is 5.45. The summed E-state index contributed by atoms with van der Waals surface area (Å²) in [5.41, 5.74) is 0. The van der Waals surface area contributed by atoms with Gasteiger partial charge in [0.25, 0.3) is 0 Å². The highest BCUT2D eigenvalue weighted by Crippen LogP contribution is 2.36. The second kappa shape index (κ2) is 5.67. The van der Waals surface area contributed by atoms with E-state index in [-0.39, 0.29) is 12.0 Å². The summed E-state index contributed by atoms with van der Waals surface area (Å²) < 4.78 is 7.63. The monoisotopic (exact) mass is 300 g/mol. The van der Waals surface area contributed by atoms with Crippen molar-refractivity contribution in [2.45, 2.75) is 38.1 Å². The predicted molar refractivity (Wildman–Crippen MR) is 67.6 cm³/mol. The molecule has 2 rings (SSSR count). The Hall–Kier alpha value is -0.840. The molecule has 1 aromatic rings. The summed E-state index contributed by atoms with van der Waals surface area (Å²) in [6.07, 6.45) is 8.98. The highest BCUT2D eigenvalue weighted by molar-refractivity contribution is 9.10. The van der Waals surface area contributed by atoms with Crippen molar-refractivity contribution in [3.63, 3.8) is 0 Å². The average Bonchev–Trinajstić information content (AvgIpc) is 2.96. The maximum absolute atomic E-state index is 11.5. The average molecular weight is 301 g/mol. The minimum Gasteiger partial charge on any atom is -0.469 e. The Morgan fingerprint density at radius 1 is 1.65 bits per heavy atom. The van der Waals surface area contributed by atoms with E-state index in [0.717, 1.165) is 4.47 Å². The molecule has 1 saturated carbocycles. The largest absolute Gasteiger partial charge is 0.469 e. The van der Waals surface area contributed by atoms with Crippen LogP contribution in [0.25, 0.3) is 0 Å². The number of halogens is 1. The van der Waals surface area contributed by atoms with E-state index < -0.39 is 0 Å². The zero-order chi connectivity index (χ0) is 12.3. The van der Waals surface area contributed by atoms with E-state index in [9.17, 15) is 4.79 Å². The van der Waals surface area contributed by atoms with Gasteiger partial charge in [-0.2, -0.15) is 5.10 Å². The summed E-state index contributed by atoms with van der Waals surface area (Å²) in [6.45, 7) is 0. The lowest BCUT2D eigenvalue weighted by atomic mass is 9.95. The lowest BCUT2D eigenvalue weighted by molar-refractivity contribution is -0.142. The Labute approximate surface area is 109 Å². The van der Waals surface area contributed by atoms with Crippen LogP contribution in [0, 0.1) is 5.92 Å². The van der Waals surface area contributed by atoms with Crippen LogP contribution >= 0.6 is 15.9 Å². The van der Waals surface area contributed by atoms with Gasteiger partial charge < -0.3 is 4.74 Å². The van der Waals surface area contributed by atoms with Gasteiger partial charge in [0.1, 0.15) is 0 Å². The van der Waals surface area contributed by atoms with E-state index in [2.05, 4.69) is 21.0 Å². The van der Waals surface area contributed by atoms with Gasteiger partial charge in [-0.3, -0.25) is 9.48 Å². The van der Waals surface area contributed by atoms with E-state index in [1.54, 1.807) is 6.20 Å². The van der Waals surface area contributed by atoms with Crippen LogP contribution in [-0.4, -0.2) is 22.9 Å². The quantitative estimate of drug-likeness (QED) is 0.803. The van der Waals surface area contributed by atoms with Crippen molar-refractivity contribution in [2.75, 3.05) is 7.11 Å². The van der Waals surface area contributed by atoms with Crippen LogP contribution in [0.5, 0.6) is 0 Å². The van der Waals surface area contributed by atoms with Crippen molar-refractivity contribution in [3.05, 3.63) is 16.9 Å². The minimum atomic E-state index is -0.159. The number of nitrogens with zero attached hydrogens (tertiary/aromatic N) is 2. The molecular weight excluding hydrogens is 284 g/mol. The fraction of sp³-hybridized carbons (Fsp3) is 0.667. The Morgan fingerprint density at radius 3 is 2.88 bits per heavy atom. The van der Waals surface area contributed by atoms with Crippen LogP contribution in [0.3, 0.4) is 0 Å². The molecule has 0 saturated heterocycles. The molecule has 0 N–H and O–H groups in total. The van der Waals surface area contributed by atoms with Crippen LogP contribution in [0.2, 0.25) is 0 Å². The van der Waals surface area contributed by atoms with Gasteiger partial charge in [-0.05, 0) is 34.7 Å². The number of carbonyl (C=O) groups excluding carboxylic acids is 1. The smallest absolute Gasteiger partial charge is 0.307 e. The molecule has 5 heteroatoms. The van der Waals surface area contributed by atoms with Crippen LogP contribution < -0.4 is 0 Å². The normalized spacial score (nSPS) is 18.2. The number of esters is 1. The molecule has 1 aliphatic rings. The predicted octanol–water partition coefficient (Wildman–Crippen LogP) is 2.94. The number of carbonyl (C=O) groups is 1. The van der Waals surface area contributed by atoms with E-state index in [4.69, 9.17) is 4.74 Å². The molecule has 1 aromatic heterocycles. The summed E-state index contributed by atoms with van der Waals surface area (Å²) >= 11 is 3.39. The van der Waals surface area contributed by atoms with Crippen molar-refractivity contribution in [1.29, 1.82) is 0 Å². The fourth-order valence-electron chi connectivity index (χ4n) is 2.57. The molecule has 1 heterocycles. The van der Waals surface area contributed by atoms with Gasteiger partial charge in [0.2, 0.25) is 0 Å². The molecule has 0 bridgehead atoms. The van der Waals surface area contributed by atoms with Gasteiger partial charge in [-0.1, -0.05) is 12.8 Å². The molecule has 0 aliphatic heterocycles. The third-order valence-corrected chi connectivity index (χ3v) is 3.87. The van der Waals surface area contributed by atoms with Crippen molar-refractivity contribution in [2.24, 2.45) is 5.92 Å². The number of hydrogen-bond donors (Lipinski definition) is 0. The zero-order valence-electron chi connectivity index (χ0n) is 9.93. The molecule has 94 valence electrons. The number of rotatable bonds is 4. The molecule has 17 heavy (non-hydrogen) atoms. The lowest BCUT2D eigenvalue weighted by Gasteiger charge is -2.22. The Balaban J connectivity index is 2.14. The van der Waals surface area contributed by atoms with E-state index in [1.807, 2.05) is 10.9 Å². The fourth-order valence-corrected chi connectivity index (χ4v) is 2.87. The van der Waals surface area contributed by atoms with Gasteiger partial charge in [-0.25, -0.2) is 0 Å². The Bertz CT molecular complexity index is 386. The molecule has 0 amide bonds. The summed E-state index contributed by atoms with van der Waals surface area (Å²) in [6, 6.07) is 0.135. The SMILES string of the molecule is COC(=O)C[C@H](C1CCCC1)n1cc(Br)cn1. The van der Waals surface area contributed by atoms with Crippen molar-refractivity contribution in [1.82, 2.24) is 9.78 Å². The van der Waals surface area contributed by atoms with E-state index >= 15 is 0 Å². The number of hydrogen-bond acceptors (Lipinski definition) is 3. The lowest BCUT2D eigenvalue weighted by Crippen LogP contribution is -2.22. The first-order valence-electron chi connectivity index (χ1n) is 5.97. The van der Waals surface area contributed by atoms with Crippen LogP contribution in [0.1, 0.15) is 38.1 Å². The number of methoxy groups -OCH3 is 1. The van der Waals surface area contributed by atoms with E-state index in [1.165, 1.54) is 32.8 Å². The third-order valence-electron chi connectivity index (χ3n) is 3.46. The highest BCUT2D eigenvalue weighted by atomic mass is 79.9. The third kappa shape index (κ3) is 3.09. The van der Waals surface area contributed by atoms with Gasteiger partial charge >= 0.3 is 5.97 Å². The maximum Gasteiger partial charge on any atom is 0.307 e. The van der Waals surface area contributed by atoms with Gasteiger partial charge in [0.05, 0.1) is 30.2 Å². The maximum atomic E-state index is 11.5. The van der Waals surface area contributed by atoms with Gasteiger partial charge in [0, 0.05) is 6.20 Å². The van der Waals surface area contributed by atoms with Crippen LogP contribution in [0.15, 0.2) is 16.9 Å². The molecule has 0 aromatic carbocycles. The first-order chi connectivity index (χ1) is 8.20. The minimum absolute atomic E-state index is 0.135.